The van der Waals surface area contributed by atoms with Crippen LogP contribution in [0.1, 0.15) is 6.23 Å². The largest absolute Gasteiger partial charge is 0.387 e. The van der Waals surface area contributed by atoms with Gasteiger partial charge >= 0.3 is 0 Å². The number of nitrogens with zero attached hydrogens (tertiary/aromatic N) is 4. The van der Waals surface area contributed by atoms with Gasteiger partial charge in [0, 0.05) is 0 Å². The summed E-state index contributed by atoms with van der Waals surface area (Å²) in [5, 5.41) is 20.0. The fraction of sp³-hybridized carbons (Fsp3) is 0.500. The monoisotopic (exact) mass is 281 g/mol. The Morgan fingerprint density at radius 3 is 2.70 bits per heavy atom. The number of hydrogen-bond acceptors (Lipinski definition) is 9. The molecule has 4 rings (SSSR count). The van der Waals surface area contributed by atoms with Crippen molar-refractivity contribution in [2.75, 3.05) is 5.73 Å². The van der Waals surface area contributed by atoms with Crippen LogP contribution in [0.25, 0.3) is 11.2 Å². The van der Waals surface area contributed by atoms with Crippen LogP contribution in [0.5, 0.6) is 0 Å². The molecule has 0 unspecified atom stereocenters. The molecule has 20 heavy (non-hydrogen) atoms. The third-order valence-electron chi connectivity index (χ3n) is 3.41. The molecule has 0 spiro atoms. The highest BCUT2D eigenvalue weighted by atomic mass is 17.4. The fourth-order valence-corrected chi connectivity index (χ4v) is 2.34. The molecule has 10 heteroatoms. The van der Waals surface area contributed by atoms with Crippen LogP contribution in [0, 0.1) is 0 Å². The van der Waals surface area contributed by atoms with Gasteiger partial charge in [0.1, 0.15) is 30.2 Å². The van der Waals surface area contributed by atoms with Gasteiger partial charge in [0.15, 0.2) is 17.7 Å². The molecule has 0 amide bonds. The molecule has 4 heterocycles. The summed E-state index contributed by atoms with van der Waals surface area (Å²) in [5.74, 6) is 0.229. The minimum absolute atomic E-state index is 0.229. The van der Waals surface area contributed by atoms with E-state index in [9.17, 15) is 10.2 Å². The molecular weight excluding hydrogens is 270 g/mol. The zero-order valence-electron chi connectivity index (χ0n) is 10.0. The smallest absolute Gasteiger partial charge is 0.253 e. The third-order valence-corrected chi connectivity index (χ3v) is 3.41. The Hall–Kier alpha value is -1.85. The highest BCUT2D eigenvalue weighted by Gasteiger charge is 2.53. The summed E-state index contributed by atoms with van der Waals surface area (Å²) in [6.07, 6.45) is -1.88. The zero-order chi connectivity index (χ0) is 13.9. The molecule has 2 fully saturated rings. The maximum atomic E-state index is 10.1. The number of ether oxygens (including phenoxy) is 1. The third kappa shape index (κ3) is 1.60. The second-order valence-electron chi connectivity index (χ2n) is 4.62. The summed E-state index contributed by atoms with van der Waals surface area (Å²) in [5.41, 5.74) is 6.51. The molecule has 0 radical (unpaired) electrons. The molecule has 0 aromatic carbocycles. The lowest BCUT2D eigenvalue weighted by molar-refractivity contribution is -0.0437. The lowest BCUT2D eigenvalue weighted by Crippen LogP contribution is -2.34. The second-order valence-corrected chi connectivity index (χ2v) is 4.62. The van der Waals surface area contributed by atoms with E-state index in [0.717, 1.165) is 0 Å². The highest BCUT2D eigenvalue weighted by molar-refractivity contribution is 5.81. The van der Waals surface area contributed by atoms with E-state index in [2.05, 4.69) is 24.7 Å². The Balaban J connectivity index is 1.74. The molecule has 0 saturated carbocycles. The highest BCUT2D eigenvalue weighted by Crippen LogP contribution is 2.37. The lowest BCUT2D eigenvalue weighted by Gasteiger charge is -2.16. The quantitative estimate of drug-likeness (QED) is 0.434. The maximum absolute atomic E-state index is 10.1. The van der Waals surface area contributed by atoms with Crippen LogP contribution >= 0.6 is 0 Å². The van der Waals surface area contributed by atoms with Crippen molar-refractivity contribution in [2.45, 2.75) is 30.8 Å². The molecule has 0 bridgehead atoms. The van der Waals surface area contributed by atoms with Crippen LogP contribution in [-0.4, -0.2) is 54.3 Å². The molecule has 106 valence electrons. The van der Waals surface area contributed by atoms with Crippen molar-refractivity contribution in [1.29, 1.82) is 0 Å². The summed E-state index contributed by atoms with van der Waals surface area (Å²) in [6.45, 7) is 0. The van der Waals surface area contributed by atoms with E-state index in [1.54, 1.807) is 0 Å². The molecule has 2 aliphatic heterocycles. The summed E-state index contributed by atoms with van der Waals surface area (Å²) in [7, 11) is 0. The van der Waals surface area contributed by atoms with Gasteiger partial charge < -0.3 is 20.7 Å². The number of anilines is 1. The SMILES string of the molecule is Nc1ncnc2c1ncn2[C@@H]1O[C@H](C2OO2)[C@@H](O)[C@H]1O. The summed E-state index contributed by atoms with van der Waals surface area (Å²) >= 11 is 0. The Morgan fingerprint density at radius 1 is 1.15 bits per heavy atom. The number of hydrogen-bond donors (Lipinski definition) is 3. The molecule has 2 aromatic rings. The molecular formula is C10H11N5O5. The topological polar surface area (TPSA) is 144 Å². The van der Waals surface area contributed by atoms with Crippen molar-refractivity contribution in [1.82, 2.24) is 19.5 Å². The minimum atomic E-state index is -1.17. The number of imidazole rings is 1. The zero-order valence-corrected chi connectivity index (χ0v) is 10.0. The summed E-state index contributed by atoms with van der Waals surface area (Å²) in [6, 6.07) is 0. The van der Waals surface area contributed by atoms with Gasteiger partial charge in [-0.2, -0.15) is 9.78 Å². The van der Waals surface area contributed by atoms with E-state index in [4.69, 9.17) is 10.5 Å². The molecule has 2 saturated heterocycles. The first-order valence-electron chi connectivity index (χ1n) is 5.93. The van der Waals surface area contributed by atoms with Gasteiger partial charge in [-0.05, 0) is 0 Å². The van der Waals surface area contributed by atoms with Crippen molar-refractivity contribution < 1.29 is 24.7 Å². The first kappa shape index (κ1) is 11.9. The number of nitrogen functional groups attached to an aromatic ring is 1. The lowest BCUT2D eigenvalue weighted by atomic mass is 10.1. The molecule has 2 aromatic heterocycles. The molecule has 0 aliphatic carbocycles. The summed E-state index contributed by atoms with van der Waals surface area (Å²) < 4.78 is 7.06. The van der Waals surface area contributed by atoms with E-state index in [1.807, 2.05) is 0 Å². The van der Waals surface area contributed by atoms with Gasteiger partial charge in [0.2, 0.25) is 0 Å². The van der Waals surface area contributed by atoms with Crippen molar-refractivity contribution in [3.8, 4) is 0 Å². The van der Waals surface area contributed by atoms with Crippen molar-refractivity contribution >= 4 is 17.0 Å². The number of aliphatic hydroxyl groups excluding tert-OH is 2. The minimum Gasteiger partial charge on any atom is -0.387 e. The van der Waals surface area contributed by atoms with Crippen LogP contribution in [0.15, 0.2) is 12.7 Å². The number of aliphatic hydroxyl groups is 2. The van der Waals surface area contributed by atoms with E-state index in [0.29, 0.717) is 11.2 Å². The Kier molecular flexibility index (Phi) is 2.43. The summed E-state index contributed by atoms with van der Waals surface area (Å²) in [4.78, 5) is 21.2. The number of fused-ring (bicyclic) bond motifs is 1. The Morgan fingerprint density at radius 2 is 1.95 bits per heavy atom. The van der Waals surface area contributed by atoms with Crippen LogP contribution in [0.4, 0.5) is 5.82 Å². The van der Waals surface area contributed by atoms with Gasteiger partial charge in [-0.3, -0.25) is 4.57 Å². The first-order valence-corrected chi connectivity index (χ1v) is 5.93. The van der Waals surface area contributed by atoms with Gasteiger partial charge in [-0.1, -0.05) is 0 Å². The van der Waals surface area contributed by atoms with Gasteiger partial charge in [0.25, 0.3) is 6.29 Å². The average molecular weight is 281 g/mol. The second kappa shape index (κ2) is 4.07. The van der Waals surface area contributed by atoms with E-state index in [-0.39, 0.29) is 5.82 Å². The standard InChI is InChI=1S/C10H11N5O5/c11-7-3-8(13-1-12-7)15(2-14-3)9-5(17)4(16)6(18-9)10-19-20-10/h1-2,4-6,9-10,16-17H,(H2,11,12,13)/t4-,5+,6-,9+/m0/s1. The van der Waals surface area contributed by atoms with Crippen LogP contribution in [0.2, 0.25) is 0 Å². The number of nitrogens with two attached hydrogens (primary N) is 1. The normalized spacial score (nSPS) is 33.9. The van der Waals surface area contributed by atoms with Crippen LogP contribution in [-0.2, 0) is 14.5 Å². The maximum Gasteiger partial charge on any atom is 0.253 e. The van der Waals surface area contributed by atoms with Gasteiger partial charge in [-0.15, -0.1) is 0 Å². The van der Waals surface area contributed by atoms with Crippen molar-refractivity contribution in [2.24, 2.45) is 0 Å². The molecule has 4 N–H and O–H groups in total. The van der Waals surface area contributed by atoms with Crippen LogP contribution < -0.4 is 5.73 Å². The van der Waals surface area contributed by atoms with E-state index in [1.165, 1.54) is 17.2 Å². The van der Waals surface area contributed by atoms with Crippen molar-refractivity contribution in [3.05, 3.63) is 12.7 Å². The predicted molar refractivity (Wildman–Crippen MR) is 61.6 cm³/mol. The average Bonchev–Trinajstić information content (AvgIpc) is 3.12. The Labute approximate surface area is 111 Å². The van der Waals surface area contributed by atoms with Gasteiger partial charge in [-0.25, -0.2) is 15.0 Å². The number of rotatable bonds is 2. The molecule has 10 nitrogen and oxygen atoms in total. The van der Waals surface area contributed by atoms with Crippen LogP contribution in [0.3, 0.4) is 0 Å². The molecule has 4 atom stereocenters. The number of aromatic nitrogens is 4. The van der Waals surface area contributed by atoms with E-state index < -0.39 is 30.8 Å². The van der Waals surface area contributed by atoms with E-state index >= 15 is 0 Å². The predicted octanol–water partition coefficient (Wildman–Crippen LogP) is -1.68. The molecule has 2 aliphatic rings. The van der Waals surface area contributed by atoms with Crippen molar-refractivity contribution in [3.63, 3.8) is 0 Å². The fourth-order valence-electron chi connectivity index (χ4n) is 2.34. The van der Waals surface area contributed by atoms with Gasteiger partial charge in [0.05, 0.1) is 6.33 Å². The first-order chi connectivity index (χ1) is 9.66. The Bertz CT molecular complexity index is 659.